The van der Waals surface area contributed by atoms with E-state index >= 15 is 0 Å². The van der Waals surface area contributed by atoms with Gasteiger partial charge in [0.15, 0.2) is 0 Å². The maximum absolute atomic E-state index is 13.4. The van der Waals surface area contributed by atoms with Crippen LogP contribution >= 0.6 is 15.9 Å². The fourth-order valence-corrected chi connectivity index (χ4v) is 7.11. The summed E-state index contributed by atoms with van der Waals surface area (Å²) in [5, 5.41) is 3.05. The number of anilines is 1. The number of hydrogen-bond acceptors (Lipinski definition) is 4. The van der Waals surface area contributed by atoms with Gasteiger partial charge in [0.05, 0.1) is 10.9 Å². The van der Waals surface area contributed by atoms with E-state index in [9.17, 15) is 18.0 Å². The number of carbonyl (C=O) groups excluding carboxylic acids is 2. The number of piperidine rings is 1. The van der Waals surface area contributed by atoms with Crippen molar-refractivity contribution in [3.63, 3.8) is 0 Å². The third kappa shape index (κ3) is 4.85. The number of halogens is 1. The lowest BCUT2D eigenvalue weighted by molar-refractivity contribution is -0.126. The van der Waals surface area contributed by atoms with Gasteiger partial charge in [0.1, 0.15) is 0 Å². The minimum absolute atomic E-state index is 0.0424. The summed E-state index contributed by atoms with van der Waals surface area (Å²) in [6.07, 6.45) is 1.64. The first-order chi connectivity index (χ1) is 15.7. The Kier molecular flexibility index (Phi) is 6.93. The average Bonchev–Trinajstić information content (AvgIpc) is 3.22. The van der Waals surface area contributed by atoms with Gasteiger partial charge in [0.2, 0.25) is 21.8 Å². The summed E-state index contributed by atoms with van der Waals surface area (Å²) in [5.41, 5.74) is 2.65. The van der Waals surface area contributed by atoms with Gasteiger partial charge in [-0.3, -0.25) is 9.59 Å². The second-order valence-corrected chi connectivity index (χ2v) is 11.4. The van der Waals surface area contributed by atoms with Gasteiger partial charge >= 0.3 is 0 Å². The van der Waals surface area contributed by atoms with Crippen LogP contribution < -0.4 is 10.2 Å². The minimum atomic E-state index is -3.76. The number of fused-ring (bicyclic) bond motifs is 1. The number of rotatable bonds is 5. The van der Waals surface area contributed by atoms with Crippen molar-refractivity contribution in [1.82, 2.24) is 9.62 Å². The highest BCUT2D eigenvalue weighted by molar-refractivity contribution is 9.10. The van der Waals surface area contributed by atoms with Crippen molar-refractivity contribution in [2.75, 3.05) is 24.5 Å². The SMILES string of the molecule is CC(=O)N1CCc2cc(Br)c(S(=O)(=O)N3CCC(C(=O)NC(C)c4ccccc4)CC3)cc21. The van der Waals surface area contributed by atoms with Crippen LogP contribution in [0.3, 0.4) is 0 Å². The summed E-state index contributed by atoms with van der Waals surface area (Å²) in [4.78, 5) is 26.5. The zero-order valence-electron chi connectivity index (χ0n) is 18.8. The molecule has 2 aliphatic rings. The van der Waals surface area contributed by atoms with E-state index < -0.39 is 10.0 Å². The first-order valence-corrected chi connectivity index (χ1v) is 13.4. The van der Waals surface area contributed by atoms with Crippen molar-refractivity contribution in [2.24, 2.45) is 5.92 Å². The minimum Gasteiger partial charge on any atom is -0.349 e. The number of benzene rings is 2. The standard InChI is InChI=1S/C24H28BrN3O4S/c1-16(18-6-4-3-5-7-18)26-24(30)19-8-11-27(12-9-19)33(31,32)23-15-22-20(14-21(23)25)10-13-28(22)17(2)29/h3-7,14-16,19H,8-13H2,1-2H3,(H,26,30). The Balaban J connectivity index is 1.44. The first-order valence-electron chi connectivity index (χ1n) is 11.1. The second kappa shape index (κ2) is 9.56. The van der Waals surface area contributed by atoms with E-state index in [1.54, 1.807) is 17.0 Å². The zero-order chi connectivity index (χ0) is 23.8. The fraction of sp³-hybridized carbons (Fsp3) is 0.417. The smallest absolute Gasteiger partial charge is 0.244 e. The highest BCUT2D eigenvalue weighted by Gasteiger charge is 2.35. The molecule has 2 aliphatic heterocycles. The Morgan fingerprint density at radius 3 is 2.39 bits per heavy atom. The van der Waals surface area contributed by atoms with Crippen LogP contribution in [0.5, 0.6) is 0 Å². The molecule has 2 amide bonds. The predicted molar refractivity (Wildman–Crippen MR) is 130 cm³/mol. The van der Waals surface area contributed by atoms with E-state index in [4.69, 9.17) is 0 Å². The van der Waals surface area contributed by atoms with Gasteiger partial charge < -0.3 is 10.2 Å². The van der Waals surface area contributed by atoms with Crippen molar-refractivity contribution in [3.05, 3.63) is 58.1 Å². The van der Waals surface area contributed by atoms with Crippen LogP contribution in [-0.2, 0) is 26.0 Å². The summed E-state index contributed by atoms with van der Waals surface area (Å²) in [7, 11) is -3.76. The van der Waals surface area contributed by atoms with Crippen LogP contribution in [-0.4, -0.2) is 44.2 Å². The average molecular weight is 534 g/mol. The van der Waals surface area contributed by atoms with Gasteiger partial charge in [-0.1, -0.05) is 30.3 Å². The lowest BCUT2D eigenvalue weighted by Crippen LogP contribution is -2.43. The number of nitrogens with zero attached hydrogens (tertiary/aromatic N) is 2. The molecule has 7 nitrogen and oxygen atoms in total. The van der Waals surface area contributed by atoms with Gasteiger partial charge in [-0.05, 0) is 65.4 Å². The van der Waals surface area contributed by atoms with Crippen LogP contribution in [0.25, 0.3) is 0 Å². The Bertz CT molecular complexity index is 1160. The maximum Gasteiger partial charge on any atom is 0.244 e. The molecule has 0 spiro atoms. The zero-order valence-corrected chi connectivity index (χ0v) is 21.2. The lowest BCUT2D eigenvalue weighted by atomic mass is 9.96. The molecular formula is C24H28BrN3O4S. The van der Waals surface area contributed by atoms with E-state index in [2.05, 4.69) is 21.2 Å². The van der Waals surface area contributed by atoms with Crippen molar-refractivity contribution >= 4 is 43.5 Å². The third-order valence-corrected chi connectivity index (χ3v) is 9.37. The molecule has 0 radical (unpaired) electrons. The molecule has 176 valence electrons. The summed E-state index contributed by atoms with van der Waals surface area (Å²) < 4.78 is 28.8. The fourth-order valence-electron chi connectivity index (χ4n) is 4.57. The highest BCUT2D eigenvalue weighted by Crippen LogP contribution is 2.37. The Morgan fingerprint density at radius 2 is 1.76 bits per heavy atom. The molecule has 0 aromatic heterocycles. The van der Waals surface area contributed by atoms with E-state index in [1.807, 2.05) is 37.3 Å². The van der Waals surface area contributed by atoms with Crippen LogP contribution in [0.4, 0.5) is 5.69 Å². The molecule has 33 heavy (non-hydrogen) atoms. The largest absolute Gasteiger partial charge is 0.349 e. The van der Waals surface area contributed by atoms with Gasteiger partial charge in [0, 0.05) is 42.6 Å². The van der Waals surface area contributed by atoms with Crippen molar-refractivity contribution in [3.8, 4) is 0 Å². The van der Waals surface area contributed by atoms with Crippen molar-refractivity contribution in [2.45, 2.75) is 44.0 Å². The molecule has 0 bridgehead atoms. The number of nitrogens with one attached hydrogen (secondary N) is 1. The van der Waals surface area contributed by atoms with Crippen LogP contribution in [0, 0.1) is 5.92 Å². The highest BCUT2D eigenvalue weighted by atomic mass is 79.9. The van der Waals surface area contributed by atoms with Crippen LogP contribution in [0.1, 0.15) is 43.9 Å². The quantitative estimate of drug-likeness (QED) is 0.635. The molecule has 1 N–H and O–H groups in total. The molecule has 2 aromatic carbocycles. The van der Waals surface area contributed by atoms with E-state index in [-0.39, 0.29) is 41.8 Å². The molecule has 2 aromatic rings. The summed E-state index contributed by atoms with van der Waals surface area (Å²) in [6, 6.07) is 13.1. The molecule has 2 heterocycles. The third-order valence-electron chi connectivity index (χ3n) is 6.51. The number of amides is 2. The van der Waals surface area contributed by atoms with Crippen LogP contribution in [0.15, 0.2) is 51.8 Å². The summed E-state index contributed by atoms with van der Waals surface area (Å²) in [5.74, 6) is -0.366. The monoisotopic (exact) mass is 533 g/mol. The normalized spacial score (nSPS) is 18.1. The van der Waals surface area contributed by atoms with Crippen LogP contribution in [0.2, 0.25) is 0 Å². The van der Waals surface area contributed by atoms with Crippen molar-refractivity contribution < 1.29 is 18.0 Å². The topological polar surface area (TPSA) is 86.8 Å². The number of hydrogen-bond donors (Lipinski definition) is 1. The van der Waals surface area contributed by atoms with Gasteiger partial charge in [-0.2, -0.15) is 4.31 Å². The lowest BCUT2D eigenvalue weighted by Gasteiger charge is -2.31. The molecule has 1 atom stereocenters. The van der Waals surface area contributed by atoms with E-state index in [0.717, 1.165) is 11.1 Å². The molecule has 4 rings (SSSR count). The van der Waals surface area contributed by atoms with E-state index in [1.165, 1.54) is 11.2 Å². The Labute approximate surface area is 203 Å². The van der Waals surface area contributed by atoms with Gasteiger partial charge in [0.25, 0.3) is 0 Å². The molecule has 1 unspecified atom stereocenters. The molecule has 0 aliphatic carbocycles. The molecule has 9 heteroatoms. The molecule has 0 saturated carbocycles. The summed E-state index contributed by atoms with van der Waals surface area (Å²) in [6.45, 7) is 4.55. The molecule has 1 fully saturated rings. The maximum atomic E-state index is 13.4. The van der Waals surface area contributed by atoms with Crippen molar-refractivity contribution in [1.29, 1.82) is 0 Å². The van der Waals surface area contributed by atoms with E-state index in [0.29, 0.717) is 36.0 Å². The van der Waals surface area contributed by atoms with Gasteiger partial charge in [-0.15, -0.1) is 0 Å². The van der Waals surface area contributed by atoms with Gasteiger partial charge in [-0.25, -0.2) is 8.42 Å². The molecular weight excluding hydrogens is 506 g/mol. The Hall–Kier alpha value is -2.23. The first kappa shape index (κ1) is 23.9. The number of sulfonamides is 1. The predicted octanol–water partition coefficient (Wildman–Crippen LogP) is 3.64. The molecule has 1 saturated heterocycles. The number of carbonyl (C=O) groups is 2. The summed E-state index contributed by atoms with van der Waals surface area (Å²) >= 11 is 3.42. The second-order valence-electron chi connectivity index (χ2n) is 8.65. The Morgan fingerprint density at radius 1 is 1.09 bits per heavy atom.